The van der Waals surface area contributed by atoms with E-state index in [1.165, 1.54) is 0 Å². The van der Waals surface area contributed by atoms with Crippen molar-refractivity contribution in [3.05, 3.63) is 34.9 Å². The highest BCUT2D eigenvalue weighted by atomic mass is 127. The summed E-state index contributed by atoms with van der Waals surface area (Å²) in [4.78, 5) is 0. The first-order valence-corrected chi connectivity index (χ1v) is 7.04. The standard InChI is InChI=1S/C11H13Cl2IO/c1-11(7-12,8-14)15-6-9-4-2-3-5-10(9)13/h2-5H,6-8H2,1H3. The molecule has 1 rings (SSSR count). The van der Waals surface area contributed by atoms with E-state index in [1.54, 1.807) is 0 Å². The van der Waals surface area contributed by atoms with E-state index >= 15 is 0 Å². The van der Waals surface area contributed by atoms with Gasteiger partial charge in [-0.1, -0.05) is 52.4 Å². The molecule has 15 heavy (non-hydrogen) atoms. The van der Waals surface area contributed by atoms with Gasteiger partial charge in [-0.05, 0) is 18.6 Å². The minimum Gasteiger partial charge on any atom is -0.369 e. The van der Waals surface area contributed by atoms with Gasteiger partial charge in [-0.15, -0.1) is 11.6 Å². The summed E-state index contributed by atoms with van der Waals surface area (Å²) in [6.07, 6.45) is 0. The molecule has 0 fully saturated rings. The van der Waals surface area contributed by atoms with E-state index in [2.05, 4.69) is 22.6 Å². The Kier molecular flexibility index (Phi) is 5.68. The van der Waals surface area contributed by atoms with E-state index in [4.69, 9.17) is 27.9 Å². The van der Waals surface area contributed by atoms with Gasteiger partial charge in [0, 0.05) is 9.45 Å². The Labute approximate surface area is 114 Å². The zero-order valence-electron chi connectivity index (χ0n) is 8.47. The lowest BCUT2D eigenvalue weighted by Crippen LogP contribution is -2.32. The van der Waals surface area contributed by atoms with Crippen LogP contribution in [0.5, 0.6) is 0 Å². The van der Waals surface area contributed by atoms with Crippen molar-refractivity contribution in [1.29, 1.82) is 0 Å². The maximum Gasteiger partial charge on any atom is 0.0882 e. The summed E-state index contributed by atoms with van der Waals surface area (Å²) in [6, 6.07) is 7.68. The molecule has 4 heteroatoms. The quantitative estimate of drug-likeness (QED) is 0.563. The number of hydrogen-bond donors (Lipinski definition) is 0. The van der Waals surface area contributed by atoms with Crippen molar-refractivity contribution in [1.82, 2.24) is 0 Å². The van der Waals surface area contributed by atoms with Crippen LogP contribution in [0.3, 0.4) is 0 Å². The molecular weight excluding hydrogens is 346 g/mol. The first-order chi connectivity index (χ1) is 7.11. The van der Waals surface area contributed by atoms with Gasteiger partial charge in [0.25, 0.3) is 0 Å². The minimum absolute atomic E-state index is 0.277. The molecule has 0 bridgehead atoms. The van der Waals surface area contributed by atoms with Gasteiger partial charge in [-0.2, -0.15) is 0 Å². The Morgan fingerprint density at radius 2 is 2.07 bits per heavy atom. The number of hydrogen-bond acceptors (Lipinski definition) is 1. The van der Waals surface area contributed by atoms with Gasteiger partial charge >= 0.3 is 0 Å². The third-order valence-corrected chi connectivity index (χ3v) is 4.65. The highest BCUT2D eigenvalue weighted by molar-refractivity contribution is 14.1. The van der Waals surface area contributed by atoms with E-state index < -0.39 is 0 Å². The highest BCUT2D eigenvalue weighted by Crippen LogP contribution is 2.21. The lowest BCUT2D eigenvalue weighted by Gasteiger charge is -2.25. The smallest absolute Gasteiger partial charge is 0.0882 e. The van der Waals surface area contributed by atoms with Crippen molar-refractivity contribution >= 4 is 45.8 Å². The van der Waals surface area contributed by atoms with Crippen LogP contribution in [0.15, 0.2) is 24.3 Å². The van der Waals surface area contributed by atoms with Crippen molar-refractivity contribution < 1.29 is 4.74 Å². The van der Waals surface area contributed by atoms with Crippen LogP contribution >= 0.6 is 45.8 Å². The lowest BCUT2D eigenvalue weighted by molar-refractivity contribution is -0.00637. The molecule has 0 spiro atoms. The molecule has 1 aromatic rings. The van der Waals surface area contributed by atoms with Gasteiger partial charge in [-0.3, -0.25) is 0 Å². The molecule has 1 atom stereocenters. The summed E-state index contributed by atoms with van der Waals surface area (Å²) in [6.45, 7) is 2.51. The van der Waals surface area contributed by atoms with Gasteiger partial charge in [0.15, 0.2) is 0 Å². The first-order valence-electron chi connectivity index (χ1n) is 4.60. The number of benzene rings is 1. The van der Waals surface area contributed by atoms with Gasteiger partial charge in [0.1, 0.15) is 0 Å². The number of rotatable bonds is 5. The molecular formula is C11H13Cl2IO. The van der Waals surface area contributed by atoms with E-state index in [0.29, 0.717) is 12.5 Å². The summed E-state index contributed by atoms with van der Waals surface area (Å²) in [5.41, 5.74) is 0.724. The molecule has 1 aromatic carbocycles. The second-order valence-corrected chi connectivity index (χ2v) is 5.03. The molecule has 0 saturated heterocycles. The van der Waals surface area contributed by atoms with Gasteiger partial charge in [0.05, 0.1) is 18.1 Å². The molecule has 0 saturated carbocycles. The molecule has 0 N–H and O–H groups in total. The predicted molar refractivity (Wildman–Crippen MR) is 74.3 cm³/mol. The van der Waals surface area contributed by atoms with Gasteiger partial charge in [0.2, 0.25) is 0 Å². The van der Waals surface area contributed by atoms with Gasteiger partial charge < -0.3 is 4.74 Å². The average molecular weight is 359 g/mol. The van der Waals surface area contributed by atoms with Crippen LogP contribution in [0.1, 0.15) is 12.5 Å². The molecule has 1 nitrogen and oxygen atoms in total. The Bertz CT molecular complexity index is 313. The SMILES string of the molecule is CC(CCl)(CI)OCc1ccccc1Cl. The summed E-state index contributed by atoms with van der Waals surface area (Å²) in [5.74, 6) is 0.487. The molecule has 1 unspecified atom stereocenters. The molecule has 0 aliphatic rings. The summed E-state index contributed by atoms with van der Waals surface area (Å²) < 4.78 is 6.63. The molecule has 0 amide bonds. The average Bonchev–Trinajstić information content (AvgIpc) is 2.28. The van der Waals surface area contributed by atoms with Crippen LogP contribution in [-0.2, 0) is 11.3 Å². The van der Waals surface area contributed by atoms with Crippen LogP contribution < -0.4 is 0 Å². The van der Waals surface area contributed by atoms with E-state index in [1.807, 2.05) is 31.2 Å². The Morgan fingerprint density at radius 1 is 1.40 bits per heavy atom. The molecule has 84 valence electrons. The normalized spacial score (nSPS) is 14.9. The predicted octanol–water partition coefficient (Wildman–Crippen LogP) is 4.29. The topological polar surface area (TPSA) is 9.23 Å². The Balaban J connectivity index is 2.61. The van der Waals surface area contributed by atoms with Crippen LogP contribution in [0.4, 0.5) is 0 Å². The molecule has 0 heterocycles. The summed E-state index contributed by atoms with van der Waals surface area (Å²) >= 11 is 14.2. The first kappa shape index (κ1) is 13.6. The number of ether oxygens (including phenoxy) is 1. The fourth-order valence-corrected chi connectivity index (χ4v) is 2.15. The zero-order valence-corrected chi connectivity index (χ0v) is 12.1. The second-order valence-electron chi connectivity index (χ2n) is 3.60. The van der Waals surface area contributed by atoms with Crippen molar-refractivity contribution in [3.63, 3.8) is 0 Å². The van der Waals surface area contributed by atoms with Crippen LogP contribution in [0.2, 0.25) is 5.02 Å². The molecule has 0 aromatic heterocycles. The third-order valence-electron chi connectivity index (χ3n) is 2.10. The van der Waals surface area contributed by atoms with Crippen molar-refractivity contribution in [2.24, 2.45) is 0 Å². The maximum absolute atomic E-state index is 6.02. The molecule has 0 aliphatic heterocycles. The van der Waals surface area contributed by atoms with Gasteiger partial charge in [-0.25, -0.2) is 0 Å². The lowest BCUT2D eigenvalue weighted by atomic mass is 10.2. The Morgan fingerprint density at radius 3 is 2.60 bits per heavy atom. The monoisotopic (exact) mass is 358 g/mol. The summed E-state index contributed by atoms with van der Waals surface area (Å²) in [7, 11) is 0. The van der Waals surface area contributed by atoms with Crippen molar-refractivity contribution in [2.45, 2.75) is 19.1 Å². The van der Waals surface area contributed by atoms with E-state index in [9.17, 15) is 0 Å². The van der Waals surface area contributed by atoms with Crippen LogP contribution in [0, 0.1) is 0 Å². The van der Waals surface area contributed by atoms with Crippen LogP contribution in [-0.4, -0.2) is 15.9 Å². The van der Waals surface area contributed by atoms with Crippen LogP contribution in [0.25, 0.3) is 0 Å². The van der Waals surface area contributed by atoms with E-state index in [-0.39, 0.29) is 5.60 Å². The zero-order chi connectivity index (χ0) is 11.3. The Hall–Kier alpha value is 0.490. The largest absolute Gasteiger partial charge is 0.369 e. The summed E-state index contributed by atoms with van der Waals surface area (Å²) in [5, 5.41) is 0.739. The van der Waals surface area contributed by atoms with Crippen molar-refractivity contribution in [2.75, 3.05) is 10.3 Å². The number of alkyl halides is 2. The minimum atomic E-state index is -0.277. The molecule has 0 radical (unpaired) electrons. The van der Waals surface area contributed by atoms with E-state index in [0.717, 1.165) is 15.0 Å². The fraction of sp³-hybridized carbons (Fsp3) is 0.455. The molecule has 0 aliphatic carbocycles. The third kappa shape index (κ3) is 4.10. The van der Waals surface area contributed by atoms with Crippen molar-refractivity contribution in [3.8, 4) is 0 Å². The number of halogens is 3. The highest BCUT2D eigenvalue weighted by Gasteiger charge is 2.22. The fourth-order valence-electron chi connectivity index (χ4n) is 0.980. The second kappa shape index (κ2) is 6.28. The maximum atomic E-state index is 6.02.